The number of hydrogen-bond donors (Lipinski definition) is 1. The van der Waals surface area contributed by atoms with Crippen molar-refractivity contribution in [1.82, 2.24) is 5.32 Å². The van der Waals surface area contributed by atoms with Crippen molar-refractivity contribution in [2.75, 3.05) is 6.61 Å². The summed E-state index contributed by atoms with van der Waals surface area (Å²) in [5.41, 5.74) is 0.484. The van der Waals surface area contributed by atoms with E-state index in [2.05, 4.69) is 26.0 Å². The third-order valence-corrected chi connectivity index (χ3v) is 3.21. The molecule has 1 aromatic rings. The fourth-order valence-corrected chi connectivity index (χ4v) is 2.03. The quantitative estimate of drug-likeness (QED) is 0.789. The van der Waals surface area contributed by atoms with Gasteiger partial charge in [-0.15, -0.1) is 0 Å². The summed E-state index contributed by atoms with van der Waals surface area (Å²) in [5.74, 6) is -5.71. The molecule has 0 radical (unpaired) electrons. The molecule has 1 N–H and O–H groups in total. The third-order valence-electron chi connectivity index (χ3n) is 2.68. The van der Waals surface area contributed by atoms with Crippen molar-refractivity contribution in [3.05, 3.63) is 34.3 Å². The van der Waals surface area contributed by atoms with Crippen LogP contribution >= 0.6 is 15.9 Å². The van der Waals surface area contributed by atoms with E-state index in [1.165, 1.54) is 13.8 Å². The second-order valence-corrected chi connectivity index (χ2v) is 5.35. The van der Waals surface area contributed by atoms with Crippen molar-refractivity contribution < 1.29 is 23.1 Å². The van der Waals surface area contributed by atoms with Crippen LogP contribution in [0.25, 0.3) is 0 Å². The van der Waals surface area contributed by atoms with Crippen molar-refractivity contribution in [2.24, 2.45) is 0 Å². The monoisotopic (exact) mass is 363 g/mol. The normalized spacial score (nSPS) is 12.6. The predicted molar refractivity (Wildman–Crippen MR) is 76.9 cm³/mol. The largest absolute Gasteiger partial charge is 0.462 e. The molecule has 0 aliphatic rings. The smallest absolute Gasteiger partial charge is 0.377 e. The molecule has 0 aliphatic carbocycles. The molecule has 7 heteroatoms. The summed E-state index contributed by atoms with van der Waals surface area (Å²) < 4.78 is 32.8. The molecule has 1 aromatic carbocycles. The minimum Gasteiger partial charge on any atom is -0.462 e. The third kappa shape index (κ3) is 5.41. The van der Waals surface area contributed by atoms with Crippen LogP contribution < -0.4 is 5.32 Å². The molecule has 1 atom stereocenters. The lowest BCUT2D eigenvalue weighted by Gasteiger charge is -2.23. The highest BCUT2D eigenvalue weighted by Gasteiger charge is 2.43. The van der Waals surface area contributed by atoms with Gasteiger partial charge in [-0.1, -0.05) is 28.1 Å². The fourth-order valence-electron chi connectivity index (χ4n) is 1.77. The maximum atomic E-state index is 13.8. The molecule has 0 saturated carbocycles. The Balaban J connectivity index is 2.95. The van der Waals surface area contributed by atoms with Crippen molar-refractivity contribution in [3.8, 4) is 0 Å². The lowest BCUT2D eigenvalue weighted by atomic mass is 10.00. The van der Waals surface area contributed by atoms with Crippen LogP contribution in [0.15, 0.2) is 28.7 Å². The minimum absolute atomic E-state index is 0.127. The number of hydrogen-bond acceptors (Lipinski definition) is 3. The standard InChI is InChI=1S/C14H16BrF2NO3/c1-3-21-13(20)14(16,17)8-12(18-9(2)19)10-4-6-11(15)7-5-10/h4-7,12H,3,8H2,1-2H3,(H,18,19). The molecule has 4 nitrogen and oxygen atoms in total. The molecular formula is C14H16BrF2NO3. The maximum absolute atomic E-state index is 13.8. The predicted octanol–water partition coefficient (Wildman–Crippen LogP) is 3.21. The summed E-state index contributed by atoms with van der Waals surface area (Å²) in [6.45, 7) is 2.56. The van der Waals surface area contributed by atoms with E-state index in [0.717, 1.165) is 4.47 Å². The number of halogens is 3. The van der Waals surface area contributed by atoms with Crippen molar-refractivity contribution in [3.63, 3.8) is 0 Å². The topological polar surface area (TPSA) is 55.4 Å². The van der Waals surface area contributed by atoms with E-state index in [1.807, 2.05) is 0 Å². The van der Waals surface area contributed by atoms with Gasteiger partial charge >= 0.3 is 11.9 Å². The number of carbonyl (C=O) groups is 2. The van der Waals surface area contributed by atoms with E-state index in [-0.39, 0.29) is 6.61 Å². The zero-order chi connectivity index (χ0) is 16.0. The van der Waals surface area contributed by atoms with Crippen LogP contribution in [-0.4, -0.2) is 24.4 Å². The van der Waals surface area contributed by atoms with E-state index in [9.17, 15) is 18.4 Å². The molecule has 0 saturated heterocycles. The Labute approximate surface area is 130 Å². The molecule has 21 heavy (non-hydrogen) atoms. The van der Waals surface area contributed by atoms with Gasteiger partial charge in [0.2, 0.25) is 5.91 Å². The number of amides is 1. The van der Waals surface area contributed by atoms with Crippen molar-refractivity contribution >= 4 is 27.8 Å². The molecule has 0 aliphatic heterocycles. The molecule has 1 amide bonds. The Bertz CT molecular complexity index is 505. The Kier molecular flexibility index (Phi) is 6.26. The number of carbonyl (C=O) groups excluding carboxylic acids is 2. The highest BCUT2D eigenvalue weighted by molar-refractivity contribution is 9.10. The number of esters is 1. The van der Waals surface area contributed by atoms with Crippen LogP contribution in [0.4, 0.5) is 8.78 Å². The summed E-state index contributed by atoms with van der Waals surface area (Å²) in [7, 11) is 0. The first-order chi connectivity index (χ1) is 9.76. The second kappa shape index (κ2) is 7.49. The molecular weight excluding hydrogens is 348 g/mol. The van der Waals surface area contributed by atoms with Gasteiger partial charge in [0.25, 0.3) is 0 Å². The molecule has 0 heterocycles. The van der Waals surface area contributed by atoms with Gasteiger partial charge in [0.1, 0.15) is 0 Å². The SMILES string of the molecule is CCOC(=O)C(F)(F)CC(NC(C)=O)c1ccc(Br)cc1. The highest BCUT2D eigenvalue weighted by Crippen LogP contribution is 2.30. The number of rotatable bonds is 6. The van der Waals surface area contributed by atoms with Crippen LogP contribution in [0.2, 0.25) is 0 Å². The second-order valence-electron chi connectivity index (χ2n) is 4.43. The van der Waals surface area contributed by atoms with Crippen molar-refractivity contribution in [1.29, 1.82) is 0 Å². The molecule has 0 aromatic heterocycles. The number of benzene rings is 1. The van der Waals surface area contributed by atoms with Gasteiger partial charge in [0, 0.05) is 17.8 Å². The summed E-state index contributed by atoms with van der Waals surface area (Å²) >= 11 is 3.24. The Hall–Kier alpha value is -1.50. The average Bonchev–Trinajstić information content (AvgIpc) is 2.38. The lowest BCUT2D eigenvalue weighted by molar-refractivity contribution is -0.173. The van der Waals surface area contributed by atoms with Gasteiger partial charge in [-0.3, -0.25) is 4.79 Å². The lowest BCUT2D eigenvalue weighted by Crippen LogP contribution is -2.37. The van der Waals surface area contributed by atoms with E-state index < -0.39 is 30.3 Å². The molecule has 116 valence electrons. The van der Waals surface area contributed by atoms with Gasteiger partial charge in [0.15, 0.2) is 0 Å². The van der Waals surface area contributed by atoms with Gasteiger partial charge in [-0.25, -0.2) is 4.79 Å². The highest BCUT2D eigenvalue weighted by atomic mass is 79.9. The average molecular weight is 364 g/mol. The van der Waals surface area contributed by atoms with Crippen LogP contribution in [0.1, 0.15) is 31.9 Å². The molecule has 1 unspecified atom stereocenters. The Morgan fingerprint density at radius 1 is 1.33 bits per heavy atom. The van der Waals surface area contributed by atoms with Gasteiger partial charge in [-0.05, 0) is 24.6 Å². The van der Waals surface area contributed by atoms with E-state index in [0.29, 0.717) is 5.56 Å². The van der Waals surface area contributed by atoms with E-state index >= 15 is 0 Å². The molecule has 0 fully saturated rings. The van der Waals surface area contributed by atoms with E-state index in [1.54, 1.807) is 24.3 Å². The number of alkyl halides is 2. The fraction of sp³-hybridized carbons (Fsp3) is 0.429. The number of nitrogens with one attached hydrogen (secondary N) is 1. The summed E-state index contributed by atoms with van der Waals surface area (Å²) in [6.07, 6.45) is -0.854. The summed E-state index contributed by atoms with van der Waals surface area (Å²) in [6, 6.07) is 5.58. The first-order valence-electron chi connectivity index (χ1n) is 6.34. The Morgan fingerprint density at radius 2 is 1.90 bits per heavy atom. The van der Waals surface area contributed by atoms with Crippen LogP contribution in [0, 0.1) is 0 Å². The minimum atomic E-state index is -3.67. The van der Waals surface area contributed by atoms with E-state index in [4.69, 9.17) is 0 Å². The molecule has 1 rings (SSSR count). The number of ether oxygens (including phenoxy) is 1. The molecule has 0 bridgehead atoms. The zero-order valence-corrected chi connectivity index (χ0v) is 13.2. The first-order valence-corrected chi connectivity index (χ1v) is 7.13. The summed E-state index contributed by atoms with van der Waals surface area (Å²) in [5, 5.41) is 2.43. The summed E-state index contributed by atoms with van der Waals surface area (Å²) in [4.78, 5) is 22.5. The van der Waals surface area contributed by atoms with Crippen LogP contribution in [-0.2, 0) is 14.3 Å². The Morgan fingerprint density at radius 3 is 2.38 bits per heavy atom. The van der Waals surface area contributed by atoms with Gasteiger partial charge in [0.05, 0.1) is 12.6 Å². The van der Waals surface area contributed by atoms with Crippen LogP contribution in [0.5, 0.6) is 0 Å². The van der Waals surface area contributed by atoms with Crippen molar-refractivity contribution in [2.45, 2.75) is 32.2 Å². The first kappa shape index (κ1) is 17.6. The maximum Gasteiger partial charge on any atom is 0.377 e. The zero-order valence-electron chi connectivity index (χ0n) is 11.7. The van der Waals surface area contributed by atoms with Gasteiger partial charge < -0.3 is 10.1 Å². The molecule has 0 spiro atoms. The van der Waals surface area contributed by atoms with Crippen LogP contribution in [0.3, 0.4) is 0 Å². The van der Waals surface area contributed by atoms with Gasteiger partial charge in [-0.2, -0.15) is 8.78 Å².